The second-order valence-electron chi connectivity index (χ2n) is 7.69. The van der Waals surface area contributed by atoms with E-state index in [0.717, 1.165) is 45.0 Å². The van der Waals surface area contributed by atoms with Crippen LogP contribution in [0.25, 0.3) is 0 Å². The van der Waals surface area contributed by atoms with Crippen LogP contribution in [0.4, 0.5) is 10.1 Å². The van der Waals surface area contributed by atoms with Gasteiger partial charge in [0.15, 0.2) is 11.5 Å². The van der Waals surface area contributed by atoms with E-state index in [1.54, 1.807) is 0 Å². The van der Waals surface area contributed by atoms with Gasteiger partial charge in [-0.15, -0.1) is 0 Å². The first-order valence-corrected chi connectivity index (χ1v) is 10.1. The molecule has 0 N–H and O–H groups in total. The fourth-order valence-electron chi connectivity index (χ4n) is 4.26. The molecule has 0 unspecified atom stereocenters. The van der Waals surface area contributed by atoms with Crippen molar-refractivity contribution in [3.63, 3.8) is 0 Å². The van der Waals surface area contributed by atoms with E-state index in [4.69, 9.17) is 9.47 Å². The molecule has 0 spiro atoms. The number of nitrogens with zero attached hydrogens (tertiary/aromatic N) is 3. The normalized spacial score (nSPS) is 19.8. The van der Waals surface area contributed by atoms with Gasteiger partial charge in [-0.2, -0.15) is 0 Å². The van der Waals surface area contributed by atoms with Gasteiger partial charge in [-0.1, -0.05) is 6.07 Å². The van der Waals surface area contributed by atoms with E-state index in [9.17, 15) is 9.18 Å². The lowest BCUT2D eigenvalue weighted by atomic mass is 10.0. The molecule has 3 aliphatic heterocycles. The number of fused-ring (bicyclic) bond motifs is 1. The summed E-state index contributed by atoms with van der Waals surface area (Å²) in [7, 11) is 0. The average Bonchev–Trinajstić information content (AvgIpc) is 2.73. The van der Waals surface area contributed by atoms with Crippen LogP contribution in [-0.2, 0) is 0 Å². The first-order valence-electron chi connectivity index (χ1n) is 10.1. The number of hydrogen-bond donors (Lipinski definition) is 0. The summed E-state index contributed by atoms with van der Waals surface area (Å²) in [5, 5.41) is 0. The Balaban J connectivity index is 1.16. The number of halogens is 1. The molecule has 3 heterocycles. The van der Waals surface area contributed by atoms with Crippen molar-refractivity contribution in [3.8, 4) is 11.5 Å². The van der Waals surface area contributed by atoms with Crippen LogP contribution in [-0.4, -0.2) is 74.2 Å². The zero-order valence-electron chi connectivity index (χ0n) is 16.2. The minimum Gasteiger partial charge on any atom is -0.486 e. The van der Waals surface area contributed by atoms with Gasteiger partial charge in [-0.3, -0.25) is 9.69 Å². The average molecular weight is 397 g/mol. The maximum absolute atomic E-state index is 13.1. The number of anilines is 1. The molecule has 2 aromatic rings. The molecule has 0 atom stereocenters. The van der Waals surface area contributed by atoms with Gasteiger partial charge in [0.25, 0.3) is 5.91 Å². The monoisotopic (exact) mass is 397 g/mol. The number of carbonyl (C=O) groups is 1. The highest BCUT2D eigenvalue weighted by molar-refractivity contribution is 5.98. The fraction of sp³-hybridized carbons (Fsp3) is 0.409. The van der Waals surface area contributed by atoms with Crippen molar-refractivity contribution >= 4 is 11.6 Å². The first-order chi connectivity index (χ1) is 14.2. The van der Waals surface area contributed by atoms with Crippen LogP contribution in [0.1, 0.15) is 10.4 Å². The molecular formula is C22H24FN3O3. The van der Waals surface area contributed by atoms with E-state index in [1.165, 1.54) is 12.1 Å². The number of benzene rings is 2. The molecule has 6 nitrogen and oxygen atoms in total. The van der Waals surface area contributed by atoms with Gasteiger partial charge in [0.1, 0.15) is 19.0 Å². The van der Waals surface area contributed by atoms with Crippen molar-refractivity contribution in [2.75, 3.05) is 57.4 Å². The van der Waals surface area contributed by atoms with Crippen LogP contribution in [0.15, 0.2) is 42.5 Å². The highest BCUT2D eigenvalue weighted by Crippen LogP contribution is 2.35. The van der Waals surface area contributed by atoms with Crippen LogP contribution in [0, 0.1) is 5.82 Å². The molecule has 0 bridgehead atoms. The molecule has 0 saturated carbocycles. The fourth-order valence-corrected chi connectivity index (χ4v) is 4.26. The summed E-state index contributed by atoms with van der Waals surface area (Å²) < 4.78 is 24.4. The molecule has 2 fully saturated rings. The lowest BCUT2D eigenvalue weighted by Gasteiger charge is -2.48. The summed E-state index contributed by atoms with van der Waals surface area (Å²) in [6, 6.07) is 12.6. The number of para-hydroxylation sites is 1. The summed E-state index contributed by atoms with van der Waals surface area (Å²) in [6.45, 7) is 6.17. The Morgan fingerprint density at radius 1 is 0.931 bits per heavy atom. The Hall–Kier alpha value is -2.80. The molecule has 29 heavy (non-hydrogen) atoms. The summed E-state index contributed by atoms with van der Waals surface area (Å²) in [5.74, 6) is 1.02. The van der Waals surface area contributed by atoms with Gasteiger partial charge in [-0.25, -0.2) is 4.39 Å². The smallest absolute Gasteiger partial charge is 0.257 e. The summed E-state index contributed by atoms with van der Waals surface area (Å²) >= 11 is 0. The molecule has 0 aromatic heterocycles. The summed E-state index contributed by atoms with van der Waals surface area (Å²) in [6.07, 6.45) is 0. The molecule has 5 rings (SSSR count). The number of ether oxygens (including phenoxy) is 2. The van der Waals surface area contributed by atoms with Crippen LogP contribution >= 0.6 is 0 Å². The zero-order chi connectivity index (χ0) is 19.8. The lowest BCUT2D eigenvalue weighted by molar-refractivity contribution is 0.0241. The molecule has 0 radical (unpaired) electrons. The number of hydrogen-bond acceptors (Lipinski definition) is 5. The van der Waals surface area contributed by atoms with Crippen LogP contribution in [0.5, 0.6) is 11.5 Å². The SMILES string of the molecule is O=C(c1cccc2c1OCCO2)N1CC(N2CCN(c3ccc(F)cc3)CC2)C1. The zero-order valence-corrected chi connectivity index (χ0v) is 16.2. The maximum atomic E-state index is 13.1. The minimum absolute atomic E-state index is 0.00791. The number of rotatable bonds is 3. The van der Waals surface area contributed by atoms with Crippen molar-refractivity contribution < 1.29 is 18.7 Å². The van der Waals surface area contributed by atoms with Crippen molar-refractivity contribution in [1.29, 1.82) is 0 Å². The van der Waals surface area contributed by atoms with E-state index in [2.05, 4.69) is 9.80 Å². The number of carbonyl (C=O) groups excluding carboxylic acids is 1. The Kier molecular flexibility index (Phi) is 4.75. The highest BCUT2D eigenvalue weighted by Gasteiger charge is 2.37. The first kappa shape index (κ1) is 18.2. The third-order valence-corrected chi connectivity index (χ3v) is 5.97. The van der Waals surface area contributed by atoms with Gasteiger partial charge in [0.2, 0.25) is 0 Å². The standard InChI is InChI=1S/C22H24FN3O3/c23-16-4-6-17(7-5-16)24-8-10-25(11-9-24)18-14-26(15-18)22(27)19-2-1-3-20-21(19)29-13-12-28-20/h1-7,18H,8-15H2. The molecule has 0 aliphatic carbocycles. The van der Waals surface area contributed by atoms with E-state index >= 15 is 0 Å². The molecule has 1 amide bonds. The van der Waals surface area contributed by atoms with Gasteiger partial charge in [0, 0.05) is 51.0 Å². The Morgan fingerprint density at radius 3 is 2.41 bits per heavy atom. The summed E-state index contributed by atoms with van der Waals surface area (Å²) in [5.41, 5.74) is 1.65. The maximum Gasteiger partial charge on any atom is 0.257 e. The quantitative estimate of drug-likeness (QED) is 0.795. The Labute approximate surface area is 169 Å². The number of amides is 1. The number of likely N-dealkylation sites (tertiary alicyclic amines) is 1. The van der Waals surface area contributed by atoms with Gasteiger partial charge in [0.05, 0.1) is 5.56 Å². The van der Waals surface area contributed by atoms with E-state index in [0.29, 0.717) is 36.3 Å². The van der Waals surface area contributed by atoms with Crippen LogP contribution < -0.4 is 14.4 Å². The van der Waals surface area contributed by atoms with Gasteiger partial charge < -0.3 is 19.3 Å². The molecular weight excluding hydrogens is 373 g/mol. The molecule has 2 saturated heterocycles. The predicted octanol–water partition coefficient (Wildman–Crippen LogP) is 2.24. The van der Waals surface area contributed by atoms with Crippen molar-refractivity contribution in [2.45, 2.75) is 6.04 Å². The second-order valence-corrected chi connectivity index (χ2v) is 7.69. The van der Waals surface area contributed by atoms with Crippen molar-refractivity contribution in [3.05, 3.63) is 53.8 Å². The Bertz CT molecular complexity index is 891. The molecule has 152 valence electrons. The van der Waals surface area contributed by atoms with Crippen molar-refractivity contribution in [1.82, 2.24) is 9.80 Å². The molecule has 2 aromatic carbocycles. The third-order valence-electron chi connectivity index (χ3n) is 5.97. The topological polar surface area (TPSA) is 45.3 Å². The van der Waals surface area contributed by atoms with E-state index in [-0.39, 0.29) is 11.7 Å². The summed E-state index contributed by atoms with van der Waals surface area (Å²) in [4.78, 5) is 19.5. The van der Waals surface area contributed by atoms with E-state index < -0.39 is 0 Å². The predicted molar refractivity (Wildman–Crippen MR) is 107 cm³/mol. The van der Waals surface area contributed by atoms with Gasteiger partial charge in [-0.05, 0) is 36.4 Å². The largest absolute Gasteiger partial charge is 0.486 e. The van der Waals surface area contributed by atoms with Gasteiger partial charge >= 0.3 is 0 Å². The minimum atomic E-state index is -0.205. The molecule has 7 heteroatoms. The molecule has 3 aliphatic rings. The van der Waals surface area contributed by atoms with Crippen molar-refractivity contribution in [2.24, 2.45) is 0 Å². The second kappa shape index (κ2) is 7.55. The van der Waals surface area contributed by atoms with Crippen LogP contribution in [0.2, 0.25) is 0 Å². The lowest BCUT2D eigenvalue weighted by Crippen LogP contribution is -2.64. The number of piperazine rings is 1. The van der Waals surface area contributed by atoms with Crippen LogP contribution in [0.3, 0.4) is 0 Å². The Morgan fingerprint density at radius 2 is 1.66 bits per heavy atom. The highest BCUT2D eigenvalue weighted by atomic mass is 19.1. The van der Waals surface area contributed by atoms with E-state index in [1.807, 2.05) is 35.2 Å². The third kappa shape index (κ3) is 3.51.